The molecular formula is C39H29NO. The molecule has 0 radical (unpaired) electrons. The van der Waals surface area contributed by atoms with Gasteiger partial charge < -0.3 is 9.32 Å². The van der Waals surface area contributed by atoms with Crippen molar-refractivity contribution in [1.29, 1.82) is 0 Å². The number of fused-ring (bicyclic) bond motifs is 6. The van der Waals surface area contributed by atoms with Crippen LogP contribution in [-0.2, 0) is 5.41 Å². The molecule has 8 rings (SSSR count). The lowest BCUT2D eigenvalue weighted by atomic mass is 9.82. The lowest BCUT2D eigenvalue weighted by molar-refractivity contribution is 0.660. The summed E-state index contributed by atoms with van der Waals surface area (Å²) in [6.07, 6.45) is 0. The van der Waals surface area contributed by atoms with Crippen LogP contribution in [0.1, 0.15) is 25.0 Å². The molecule has 6 aromatic carbocycles. The molecule has 0 amide bonds. The van der Waals surface area contributed by atoms with Crippen molar-refractivity contribution >= 4 is 39.0 Å². The van der Waals surface area contributed by atoms with Gasteiger partial charge in [-0.1, -0.05) is 105 Å². The highest BCUT2D eigenvalue weighted by Crippen LogP contribution is 2.53. The van der Waals surface area contributed by atoms with Gasteiger partial charge in [0.05, 0.1) is 0 Å². The van der Waals surface area contributed by atoms with Crippen LogP contribution in [0.2, 0.25) is 0 Å². The van der Waals surface area contributed by atoms with Gasteiger partial charge >= 0.3 is 0 Å². The molecule has 0 fully saturated rings. The molecule has 0 N–H and O–H groups in total. The molecule has 2 heteroatoms. The predicted octanol–water partition coefficient (Wildman–Crippen LogP) is 11.0. The molecule has 1 aromatic heterocycles. The highest BCUT2D eigenvalue weighted by Gasteiger charge is 2.37. The number of hydrogen-bond acceptors (Lipinski definition) is 2. The van der Waals surface area contributed by atoms with E-state index in [9.17, 15) is 0 Å². The van der Waals surface area contributed by atoms with Gasteiger partial charge in [0.25, 0.3) is 0 Å². The smallest absolute Gasteiger partial charge is 0.135 e. The molecule has 0 bridgehead atoms. The number of para-hydroxylation sites is 2. The number of hydrogen-bond donors (Lipinski definition) is 0. The van der Waals surface area contributed by atoms with E-state index in [1.165, 1.54) is 33.4 Å². The average molecular weight is 528 g/mol. The topological polar surface area (TPSA) is 16.4 Å². The second-order valence-corrected chi connectivity index (χ2v) is 11.4. The Morgan fingerprint density at radius 1 is 0.488 bits per heavy atom. The van der Waals surface area contributed by atoms with E-state index in [0.717, 1.165) is 39.0 Å². The van der Waals surface area contributed by atoms with Gasteiger partial charge in [0.2, 0.25) is 0 Å². The quantitative estimate of drug-likeness (QED) is 0.226. The average Bonchev–Trinajstić information content (AvgIpc) is 3.50. The SMILES string of the molecule is CC1(C)c2ccc(N(c3ccccc3)c3ccc4oc5ccccc5c4c3)cc2-c2c(-c3ccccc3)cccc21. The first-order valence-electron chi connectivity index (χ1n) is 14.2. The molecule has 7 aromatic rings. The molecule has 0 unspecified atom stereocenters. The fraction of sp³-hybridized carbons (Fsp3) is 0.0769. The summed E-state index contributed by atoms with van der Waals surface area (Å²) in [7, 11) is 0. The zero-order valence-corrected chi connectivity index (χ0v) is 23.1. The Morgan fingerprint density at radius 2 is 1.17 bits per heavy atom. The van der Waals surface area contributed by atoms with E-state index in [1.807, 2.05) is 12.1 Å². The number of anilines is 3. The van der Waals surface area contributed by atoms with Gasteiger partial charge in [-0.2, -0.15) is 0 Å². The second-order valence-electron chi connectivity index (χ2n) is 11.4. The molecule has 0 spiro atoms. The largest absolute Gasteiger partial charge is 0.456 e. The number of furan rings is 1. The lowest BCUT2D eigenvalue weighted by Crippen LogP contribution is -2.15. The summed E-state index contributed by atoms with van der Waals surface area (Å²) in [6.45, 7) is 4.69. The predicted molar refractivity (Wildman–Crippen MR) is 171 cm³/mol. The molecule has 2 nitrogen and oxygen atoms in total. The Hall–Kier alpha value is -5.08. The van der Waals surface area contributed by atoms with Crippen LogP contribution in [0.4, 0.5) is 17.1 Å². The molecule has 0 atom stereocenters. The summed E-state index contributed by atoms with van der Waals surface area (Å²) in [6, 6.07) is 50.0. The monoisotopic (exact) mass is 527 g/mol. The van der Waals surface area contributed by atoms with Gasteiger partial charge in [-0.25, -0.2) is 0 Å². The Balaban J connectivity index is 1.36. The van der Waals surface area contributed by atoms with Crippen molar-refractivity contribution in [2.75, 3.05) is 4.90 Å². The maximum atomic E-state index is 6.16. The molecule has 196 valence electrons. The number of benzene rings is 6. The van der Waals surface area contributed by atoms with Crippen LogP contribution in [0, 0.1) is 0 Å². The van der Waals surface area contributed by atoms with Crippen LogP contribution in [0.25, 0.3) is 44.2 Å². The first-order chi connectivity index (χ1) is 20.1. The third-order valence-corrected chi connectivity index (χ3v) is 8.66. The molecule has 1 aliphatic rings. The zero-order chi connectivity index (χ0) is 27.6. The molecule has 0 saturated carbocycles. The minimum atomic E-state index is -0.0832. The number of rotatable bonds is 4. The van der Waals surface area contributed by atoms with Gasteiger partial charge in [0, 0.05) is 33.2 Å². The van der Waals surface area contributed by atoms with Crippen molar-refractivity contribution in [1.82, 2.24) is 0 Å². The van der Waals surface area contributed by atoms with E-state index >= 15 is 0 Å². The maximum Gasteiger partial charge on any atom is 0.135 e. The summed E-state index contributed by atoms with van der Waals surface area (Å²) < 4.78 is 6.16. The number of nitrogens with zero attached hydrogens (tertiary/aromatic N) is 1. The van der Waals surface area contributed by atoms with Crippen LogP contribution in [0.5, 0.6) is 0 Å². The van der Waals surface area contributed by atoms with Crippen molar-refractivity contribution in [2.24, 2.45) is 0 Å². The van der Waals surface area contributed by atoms with Gasteiger partial charge in [-0.05, 0) is 81.9 Å². The van der Waals surface area contributed by atoms with Crippen LogP contribution in [0.3, 0.4) is 0 Å². The van der Waals surface area contributed by atoms with Crippen molar-refractivity contribution < 1.29 is 4.42 Å². The molecule has 1 aliphatic carbocycles. The van der Waals surface area contributed by atoms with E-state index in [2.05, 4.69) is 146 Å². The van der Waals surface area contributed by atoms with Crippen molar-refractivity contribution in [3.8, 4) is 22.3 Å². The zero-order valence-electron chi connectivity index (χ0n) is 23.1. The van der Waals surface area contributed by atoms with E-state index in [-0.39, 0.29) is 5.41 Å². The van der Waals surface area contributed by atoms with Crippen molar-refractivity contribution in [3.63, 3.8) is 0 Å². The normalized spacial score (nSPS) is 13.3. The lowest BCUT2D eigenvalue weighted by Gasteiger charge is -2.27. The second kappa shape index (κ2) is 8.97. The summed E-state index contributed by atoms with van der Waals surface area (Å²) in [4.78, 5) is 2.36. The molecule has 0 aliphatic heterocycles. The minimum Gasteiger partial charge on any atom is -0.456 e. The van der Waals surface area contributed by atoms with Gasteiger partial charge in [-0.3, -0.25) is 0 Å². The maximum absolute atomic E-state index is 6.16. The Bertz CT molecular complexity index is 2070. The summed E-state index contributed by atoms with van der Waals surface area (Å²) >= 11 is 0. The minimum absolute atomic E-state index is 0.0832. The first kappa shape index (κ1) is 23.8. The molecule has 0 saturated heterocycles. The van der Waals surface area contributed by atoms with Crippen molar-refractivity contribution in [3.05, 3.63) is 151 Å². The first-order valence-corrected chi connectivity index (χ1v) is 14.2. The van der Waals surface area contributed by atoms with Gasteiger partial charge in [-0.15, -0.1) is 0 Å². The summed E-state index contributed by atoms with van der Waals surface area (Å²) in [5, 5.41) is 2.26. The molecular weight excluding hydrogens is 498 g/mol. The highest BCUT2D eigenvalue weighted by molar-refractivity contribution is 6.06. The van der Waals surface area contributed by atoms with Crippen LogP contribution < -0.4 is 4.90 Å². The van der Waals surface area contributed by atoms with E-state index in [0.29, 0.717) is 0 Å². The molecule has 41 heavy (non-hydrogen) atoms. The van der Waals surface area contributed by atoms with E-state index < -0.39 is 0 Å². The van der Waals surface area contributed by atoms with Gasteiger partial charge in [0.1, 0.15) is 11.2 Å². The third kappa shape index (κ3) is 3.64. The standard InChI is InChI=1S/C39H29NO/c1-39(2)34-22-20-28(25-33(34)38-30(17-11-18-35(38)39)26-12-5-3-6-13-26)40(27-14-7-4-8-15-27)29-21-23-37-32(24-29)31-16-9-10-19-36(31)41-37/h3-25H,1-2H3. The van der Waals surface area contributed by atoms with Crippen molar-refractivity contribution in [2.45, 2.75) is 19.3 Å². The Kier molecular flexibility index (Phi) is 5.20. The fourth-order valence-electron chi connectivity index (χ4n) is 6.67. The summed E-state index contributed by atoms with van der Waals surface area (Å²) in [5.74, 6) is 0. The molecule has 1 heterocycles. The fourth-order valence-corrected chi connectivity index (χ4v) is 6.67. The van der Waals surface area contributed by atoms with Crippen LogP contribution >= 0.6 is 0 Å². The Morgan fingerprint density at radius 3 is 2.00 bits per heavy atom. The highest BCUT2D eigenvalue weighted by atomic mass is 16.3. The van der Waals surface area contributed by atoms with Gasteiger partial charge in [0.15, 0.2) is 0 Å². The van der Waals surface area contributed by atoms with Crippen LogP contribution in [-0.4, -0.2) is 0 Å². The van der Waals surface area contributed by atoms with Crippen LogP contribution in [0.15, 0.2) is 144 Å². The van der Waals surface area contributed by atoms with E-state index in [1.54, 1.807) is 0 Å². The third-order valence-electron chi connectivity index (χ3n) is 8.66. The van der Waals surface area contributed by atoms with E-state index in [4.69, 9.17) is 4.42 Å². The Labute approximate surface area is 240 Å². The summed E-state index contributed by atoms with van der Waals surface area (Å²) in [5.41, 5.74) is 13.0.